The number of nitrogens with one attached hydrogen (secondary N) is 1. The number of likely N-dealkylation sites (tertiary alicyclic amines) is 1. The number of hydrogen-bond acceptors (Lipinski definition) is 6. The van der Waals surface area contributed by atoms with Gasteiger partial charge in [0.2, 0.25) is 5.91 Å². The molecule has 46 heavy (non-hydrogen) atoms. The number of benzene rings is 3. The van der Waals surface area contributed by atoms with E-state index in [2.05, 4.69) is 52.7 Å². The van der Waals surface area contributed by atoms with Crippen LogP contribution in [0.2, 0.25) is 0 Å². The Morgan fingerprint density at radius 1 is 0.783 bits per heavy atom. The fourth-order valence-electron chi connectivity index (χ4n) is 6.39. The number of aliphatic carboxylic acids is 1. The second-order valence-electron chi connectivity index (χ2n) is 12.6. The molecule has 8 nitrogen and oxygen atoms in total. The molecule has 5 rings (SSSR count). The predicted octanol–water partition coefficient (Wildman–Crippen LogP) is 6.92. The number of carbonyl (C=O) groups excluding carboxylic acids is 1. The standard InChI is InChI=1S/C38H48N2O6/c41-27-28-16-18-30(19-17-28)35-24-34(26-40-20-6-2-1-3-7-21-40)45-38(46-35)33-13-9-12-32(23-33)31-11-8-10-29(22-31)25-39-36(42)14-4-5-15-37(43)44/h8-13,16-19,22-23,34-35,38,41H,1-7,14-15,20-21,24-27H2,(H,39,42)(H,43,44)/t34-,35+,38+/m1/s1. The van der Waals surface area contributed by atoms with Gasteiger partial charge in [-0.2, -0.15) is 0 Å². The molecule has 2 aliphatic heterocycles. The van der Waals surface area contributed by atoms with Crippen molar-refractivity contribution in [1.82, 2.24) is 10.2 Å². The number of nitrogens with zero attached hydrogens (tertiary/aromatic N) is 1. The van der Waals surface area contributed by atoms with Crippen molar-refractivity contribution in [3.05, 3.63) is 95.1 Å². The number of rotatable bonds is 13. The van der Waals surface area contributed by atoms with E-state index in [4.69, 9.17) is 14.6 Å². The van der Waals surface area contributed by atoms with Crippen molar-refractivity contribution in [3.63, 3.8) is 0 Å². The molecule has 0 aliphatic carbocycles. The summed E-state index contributed by atoms with van der Waals surface area (Å²) in [6.45, 7) is 3.54. The number of unbranched alkanes of at least 4 members (excludes halogenated alkanes) is 1. The lowest BCUT2D eigenvalue weighted by atomic mass is 9.98. The molecule has 1 amide bonds. The second-order valence-corrected chi connectivity index (χ2v) is 12.6. The highest BCUT2D eigenvalue weighted by Gasteiger charge is 2.33. The van der Waals surface area contributed by atoms with Crippen LogP contribution in [-0.4, -0.2) is 52.7 Å². The number of hydrogen-bond donors (Lipinski definition) is 3. The molecule has 0 bridgehead atoms. The van der Waals surface area contributed by atoms with Crippen molar-refractivity contribution in [3.8, 4) is 11.1 Å². The number of carboxylic acids is 1. The summed E-state index contributed by atoms with van der Waals surface area (Å²) >= 11 is 0. The Labute approximate surface area is 272 Å². The third-order valence-electron chi connectivity index (χ3n) is 8.98. The number of aliphatic hydroxyl groups excluding tert-OH is 1. The lowest BCUT2D eigenvalue weighted by Crippen LogP contribution is -2.40. The molecule has 3 N–H and O–H groups in total. The first-order valence-corrected chi connectivity index (χ1v) is 16.9. The molecule has 0 radical (unpaired) electrons. The van der Waals surface area contributed by atoms with E-state index in [1.165, 1.54) is 32.1 Å². The van der Waals surface area contributed by atoms with Gasteiger partial charge in [0.15, 0.2) is 6.29 Å². The maximum Gasteiger partial charge on any atom is 0.303 e. The van der Waals surface area contributed by atoms with Crippen LogP contribution in [-0.2, 0) is 32.2 Å². The van der Waals surface area contributed by atoms with Crippen LogP contribution in [0.15, 0.2) is 72.8 Å². The Balaban J connectivity index is 1.28. The first-order chi connectivity index (χ1) is 22.5. The molecule has 2 heterocycles. The van der Waals surface area contributed by atoms with Gasteiger partial charge in [-0.15, -0.1) is 0 Å². The largest absolute Gasteiger partial charge is 0.481 e. The summed E-state index contributed by atoms with van der Waals surface area (Å²) in [7, 11) is 0. The van der Waals surface area contributed by atoms with Crippen LogP contribution >= 0.6 is 0 Å². The summed E-state index contributed by atoms with van der Waals surface area (Å²) in [5.74, 6) is -0.908. The first-order valence-electron chi connectivity index (χ1n) is 16.9. The zero-order valence-corrected chi connectivity index (χ0v) is 26.7. The third-order valence-corrected chi connectivity index (χ3v) is 8.98. The van der Waals surface area contributed by atoms with E-state index in [9.17, 15) is 14.7 Å². The summed E-state index contributed by atoms with van der Waals surface area (Å²) in [5, 5.41) is 21.3. The molecule has 2 aliphatic rings. The minimum Gasteiger partial charge on any atom is -0.481 e. The Hall–Kier alpha value is -3.56. The fourth-order valence-corrected chi connectivity index (χ4v) is 6.39. The molecule has 8 heteroatoms. The molecule has 0 aromatic heterocycles. The summed E-state index contributed by atoms with van der Waals surface area (Å²) < 4.78 is 13.3. The summed E-state index contributed by atoms with van der Waals surface area (Å²) in [6, 6.07) is 24.5. The Morgan fingerprint density at radius 2 is 1.48 bits per heavy atom. The van der Waals surface area contributed by atoms with Crippen molar-refractivity contribution in [2.24, 2.45) is 0 Å². The monoisotopic (exact) mass is 628 g/mol. The lowest BCUT2D eigenvalue weighted by molar-refractivity contribution is -0.253. The molecule has 2 fully saturated rings. The third kappa shape index (κ3) is 10.2. The quantitative estimate of drug-likeness (QED) is 0.176. The predicted molar refractivity (Wildman–Crippen MR) is 178 cm³/mol. The Bertz CT molecular complexity index is 1400. The maximum atomic E-state index is 12.3. The van der Waals surface area contributed by atoms with E-state index in [1.807, 2.05) is 30.3 Å². The SMILES string of the molecule is O=C(O)CCCCC(=O)NCc1cccc(-c2cccc([C@H]3O[C@@H](CN4CCCCCCC4)C[C@@H](c4ccc(CO)cc4)O3)c2)c1. The number of amides is 1. The van der Waals surface area contributed by atoms with E-state index in [1.54, 1.807) is 0 Å². The molecular weight excluding hydrogens is 580 g/mol. The number of carbonyl (C=O) groups is 2. The van der Waals surface area contributed by atoms with Crippen LogP contribution < -0.4 is 5.32 Å². The topological polar surface area (TPSA) is 108 Å². The number of carboxylic acid groups (broad SMARTS) is 1. The van der Waals surface area contributed by atoms with Crippen LogP contribution in [0.25, 0.3) is 11.1 Å². The minimum absolute atomic E-state index is 0.0179. The average Bonchev–Trinajstić information content (AvgIpc) is 3.07. The summed E-state index contributed by atoms with van der Waals surface area (Å²) in [5.41, 5.74) is 6.02. The molecule has 2 saturated heterocycles. The van der Waals surface area contributed by atoms with Crippen molar-refractivity contribution in [2.75, 3.05) is 19.6 Å². The number of aliphatic hydroxyl groups is 1. The average molecular weight is 629 g/mol. The van der Waals surface area contributed by atoms with Gasteiger partial charge < -0.3 is 29.9 Å². The van der Waals surface area contributed by atoms with Crippen LogP contribution in [0.3, 0.4) is 0 Å². The van der Waals surface area contributed by atoms with Gasteiger partial charge in [-0.25, -0.2) is 0 Å². The normalized spacial score (nSPS) is 20.8. The zero-order chi connectivity index (χ0) is 32.1. The van der Waals surface area contributed by atoms with E-state index < -0.39 is 12.3 Å². The second kappa shape index (κ2) is 17.4. The summed E-state index contributed by atoms with van der Waals surface area (Å²) in [4.78, 5) is 25.5. The highest BCUT2D eigenvalue weighted by molar-refractivity contribution is 5.76. The highest BCUT2D eigenvalue weighted by Crippen LogP contribution is 2.39. The van der Waals surface area contributed by atoms with Gasteiger partial charge in [0, 0.05) is 37.9 Å². The first kappa shape index (κ1) is 33.8. The van der Waals surface area contributed by atoms with E-state index >= 15 is 0 Å². The number of ether oxygens (including phenoxy) is 2. The zero-order valence-electron chi connectivity index (χ0n) is 26.7. The van der Waals surface area contributed by atoms with Crippen molar-refractivity contribution < 1.29 is 29.3 Å². The van der Waals surface area contributed by atoms with Gasteiger partial charge in [0.25, 0.3) is 0 Å². The van der Waals surface area contributed by atoms with E-state index in [-0.39, 0.29) is 31.1 Å². The van der Waals surface area contributed by atoms with Gasteiger partial charge in [-0.1, -0.05) is 79.9 Å². The molecule has 3 aromatic rings. The lowest BCUT2D eigenvalue weighted by Gasteiger charge is -2.39. The molecule has 3 aromatic carbocycles. The minimum atomic E-state index is -0.834. The Morgan fingerprint density at radius 3 is 2.22 bits per heavy atom. The van der Waals surface area contributed by atoms with Crippen LogP contribution in [0.5, 0.6) is 0 Å². The van der Waals surface area contributed by atoms with Gasteiger partial charge in [-0.3, -0.25) is 9.59 Å². The molecule has 246 valence electrons. The van der Waals surface area contributed by atoms with Crippen molar-refractivity contribution >= 4 is 11.9 Å². The maximum absolute atomic E-state index is 12.3. The van der Waals surface area contributed by atoms with Gasteiger partial charge >= 0.3 is 5.97 Å². The van der Waals surface area contributed by atoms with Gasteiger partial charge in [0.05, 0.1) is 18.8 Å². The fraction of sp³-hybridized carbons (Fsp3) is 0.474. The van der Waals surface area contributed by atoms with Crippen LogP contribution in [0.4, 0.5) is 0 Å². The van der Waals surface area contributed by atoms with Crippen LogP contribution in [0.1, 0.15) is 98.9 Å². The molecular formula is C38H48N2O6. The van der Waals surface area contributed by atoms with Crippen molar-refractivity contribution in [1.29, 1.82) is 0 Å². The van der Waals surface area contributed by atoms with Crippen molar-refractivity contribution in [2.45, 2.75) is 95.9 Å². The Kier molecular flexibility index (Phi) is 12.8. The molecule has 3 atom stereocenters. The summed E-state index contributed by atoms with van der Waals surface area (Å²) in [6.07, 6.45) is 8.02. The highest BCUT2D eigenvalue weighted by atomic mass is 16.7. The molecule has 0 spiro atoms. The van der Waals surface area contributed by atoms with E-state index in [0.29, 0.717) is 25.8 Å². The molecule has 0 unspecified atom stereocenters. The van der Waals surface area contributed by atoms with Gasteiger partial charge in [0.1, 0.15) is 0 Å². The van der Waals surface area contributed by atoms with Crippen LogP contribution in [0, 0.1) is 0 Å². The smallest absolute Gasteiger partial charge is 0.303 e. The van der Waals surface area contributed by atoms with Gasteiger partial charge in [-0.05, 0) is 78.7 Å². The molecule has 0 saturated carbocycles. The van der Waals surface area contributed by atoms with E-state index in [0.717, 1.165) is 59.4 Å².